The second-order valence-electron chi connectivity index (χ2n) is 2.96. The molecule has 1 aromatic carbocycles. The lowest BCUT2D eigenvalue weighted by Gasteiger charge is -2.05. The van der Waals surface area contributed by atoms with Crippen molar-refractivity contribution in [3.63, 3.8) is 0 Å². The van der Waals surface area contributed by atoms with Gasteiger partial charge in [0.2, 0.25) is 0 Å². The smallest absolute Gasteiger partial charge is 0.181 e. The summed E-state index contributed by atoms with van der Waals surface area (Å²) in [5.74, 6) is -0.00827. The van der Waals surface area contributed by atoms with Gasteiger partial charge in [-0.3, -0.25) is 4.79 Å². The number of carbonyl (C=O) groups is 1. The Kier molecular flexibility index (Phi) is 3.74. The predicted octanol–water partition coefficient (Wildman–Crippen LogP) is 3.41. The lowest BCUT2D eigenvalue weighted by molar-refractivity contribution is 0.0991. The molecule has 0 aliphatic rings. The largest absolute Gasteiger partial charge is 0.292 e. The van der Waals surface area contributed by atoms with Crippen LogP contribution in [0.25, 0.3) is 0 Å². The lowest BCUT2D eigenvalue weighted by atomic mass is 10.1. The molecular weight excluding hydrogens is 298 g/mol. The highest BCUT2D eigenvalue weighted by Crippen LogP contribution is 2.17. The summed E-state index contributed by atoms with van der Waals surface area (Å²) in [7, 11) is 0. The maximum atomic E-state index is 11.5. The van der Waals surface area contributed by atoms with Crippen LogP contribution in [0.2, 0.25) is 0 Å². The van der Waals surface area contributed by atoms with Crippen LogP contribution in [0, 0.1) is 10.5 Å². The van der Waals surface area contributed by atoms with Gasteiger partial charge in [0, 0.05) is 9.13 Å². The zero-order valence-electron chi connectivity index (χ0n) is 7.47. The molecule has 1 rings (SSSR count). The van der Waals surface area contributed by atoms with Gasteiger partial charge in [0.1, 0.15) is 0 Å². The summed E-state index contributed by atoms with van der Waals surface area (Å²) in [6, 6.07) is 5.74. The van der Waals surface area contributed by atoms with Crippen molar-refractivity contribution in [3.05, 3.63) is 32.9 Å². The molecular formula is C10H10ClIO. The van der Waals surface area contributed by atoms with Crippen molar-refractivity contribution in [1.82, 2.24) is 0 Å². The minimum absolute atomic E-state index is 0.00827. The van der Waals surface area contributed by atoms with Crippen molar-refractivity contribution in [2.75, 3.05) is 0 Å². The summed E-state index contributed by atoms with van der Waals surface area (Å²) in [5.41, 5.74) is 1.87. The summed E-state index contributed by atoms with van der Waals surface area (Å²) in [6.07, 6.45) is 0. The molecule has 0 saturated heterocycles. The number of alkyl halides is 1. The van der Waals surface area contributed by atoms with Crippen LogP contribution in [0.4, 0.5) is 0 Å². The first-order valence-corrected chi connectivity index (χ1v) is 5.48. The Morgan fingerprint density at radius 3 is 2.62 bits per heavy atom. The number of aryl methyl sites for hydroxylation is 1. The second kappa shape index (κ2) is 4.42. The molecule has 0 heterocycles. The molecule has 13 heavy (non-hydrogen) atoms. The molecule has 0 aliphatic heterocycles. The van der Waals surface area contributed by atoms with Gasteiger partial charge in [-0.2, -0.15) is 0 Å². The number of carbonyl (C=O) groups excluding carboxylic acids is 1. The molecule has 0 N–H and O–H groups in total. The fourth-order valence-electron chi connectivity index (χ4n) is 1.03. The van der Waals surface area contributed by atoms with E-state index in [4.69, 9.17) is 11.6 Å². The molecule has 3 heteroatoms. The molecule has 1 aromatic rings. The van der Waals surface area contributed by atoms with Gasteiger partial charge in [0.15, 0.2) is 5.78 Å². The molecule has 0 saturated carbocycles. The minimum Gasteiger partial charge on any atom is -0.292 e. The Morgan fingerprint density at radius 1 is 1.54 bits per heavy atom. The van der Waals surface area contributed by atoms with E-state index in [0.717, 1.165) is 9.13 Å². The van der Waals surface area contributed by atoms with Crippen molar-refractivity contribution in [2.24, 2.45) is 0 Å². The molecule has 1 atom stereocenters. The Bertz CT molecular complexity index is 334. The van der Waals surface area contributed by atoms with Gasteiger partial charge in [-0.15, -0.1) is 11.6 Å². The summed E-state index contributed by atoms with van der Waals surface area (Å²) in [4.78, 5) is 11.5. The molecule has 0 fully saturated rings. The third kappa shape index (κ3) is 2.68. The van der Waals surface area contributed by atoms with E-state index in [1.165, 1.54) is 0 Å². The standard InChI is InChI=1S/C10H10ClIO/c1-6-3-4-8(9(12)5-6)10(13)7(2)11/h3-5,7H,1-2H3. The molecule has 0 spiro atoms. The Hall–Kier alpha value is -0.0900. The van der Waals surface area contributed by atoms with Gasteiger partial charge in [0.05, 0.1) is 5.38 Å². The maximum Gasteiger partial charge on any atom is 0.181 e. The van der Waals surface area contributed by atoms with Crippen LogP contribution in [0.3, 0.4) is 0 Å². The van der Waals surface area contributed by atoms with Crippen molar-refractivity contribution >= 4 is 40.0 Å². The number of hydrogen-bond donors (Lipinski definition) is 0. The maximum absolute atomic E-state index is 11.5. The van der Waals surface area contributed by atoms with Crippen molar-refractivity contribution in [2.45, 2.75) is 19.2 Å². The van der Waals surface area contributed by atoms with E-state index in [9.17, 15) is 4.79 Å². The van der Waals surface area contributed by atoms with Crippen molar-refractivity contribution < 1.29 is 4.79 Å². The SMILES string of the molecule is Cc1ccc(C(=O)C(C)Cl)c(I)c1. The molecule has 0 aliphatic carbocycles. The lowest BCUT2D eigenvalue weighted by Crippen LogP contribution is -2.12. The van der Waals surface area contributed by atoms with E-state index in [1.807, 2.05) is 25.1 Å². The van der Waals surface area contributed by atoms with Gasteiger partial charge in [0.25, 0.3) is 0 Å². The normalized spacial score (nSPS) is 12.6. The highest BCUT2D eigenvalue weighted by Gasteiger charge is 2.14. The molecule has 0 bridgehead atoms. The van der Waals surface area contributed by atoms with Crippen LogP contribution in [0.5, 0.6) is 0 Å². The molecule has 0 amide bonds. The predicted molar refractivity (Wildman–Crippen MR) is 63.5 cm³/mol. The third-order valence-electron chi connectivity index (χ3n) is 1.75. The Balaban J connectivity index is 3.09. The number of ketones is 1. The van der Waals surface area contributed by atoms with E-state index in [-0.39, 0.29) is 5.78 Å². The Morgan fingerprint density at radius 2 is 2.15 bits per heavy atom. The van der Waals surface area contributed by atoms with Gasteiger partial charge in [-0.05, 0) is 42.5 Å². The quantitative estimate of drug-likeness (QED) is 0.465. The van der Waals surface area contributed by atoms with Crippen LogP contribution < -0.4 is 0 Å². The first-order valence-electron chi connectivity index (χ1n) is 3.97. The van der Waals surface area contributed by atoms with E-state index in [0.29, 0.717) is 5.56 Å². The average Bonchev–Trinajstić information content (AvgIpc) is 2.03. The first kappa shape index (κ1) is 11.0. The van der Waals surface area contributed by atoms with Gasteiger partial charge >= 0.3 is 0 Å². The fourth-order valence-corrected chi connectivity index (χ4v) is 2.09. The molecule has 1 nitrogen and oxygen atoms in total. The van der Waals surface area contributed by atoms with Crippen LogP contribution in [0.15, 0.2) is 18.2 Å². The van der Waals surface area contributed by atoms with E-state index >= 15 is 0 Å². The van der Waals surface area contributed by atoms with Crippen molar-refractivity contribution in [3.8, 4) is 0 Å². The van der Waals surface area contributed by atoms with E-state index < -0.39 is 5.38 Å². The molecule has 1 unspecified atom stereocenters. The van der Waals surface area contributed by atoms with Gasteiger partial charge < -0.3 is 0 Å². The van der Waals surface area contributed by atoms with E-state index in [2.05, 4.69) is 22.6 Å². The number of halogens is 2. The van der Waals surface area contributed by atoms with Crippen LogP contribution >= 0.6 is 34.2 Å². The number of Topliss-reactive ketones (excluding diaryl/α,β-unsaturated/α-hetero) is 1. The van der Waals surface area contributed by atoms with Crippen molar-refractivity contribution in [1.29, 1.82) is 0 Å². The van der Waals surface area contributed by atoms with Crippen LogP contribution in [-0.4, -0.2) is 11.2 Å². The van der Waals surface area contributed by atoms with Crippen LogP contribution in [-0.2, 0) is 0 Å². The third-order valence-corrected chi connectivity index (χ3v) is 2.84. The zero-order chi connectivity index (χ0) is 10.0. The molecule has 0 radical (unpaired) electrons. The average molecular weight is 309 g/mol. The monoisotopic (exact) mass is 308 g/mol. The number of hydrogen-bond acceptors (Lipinski definition) is 1. The fraction of sp³-hybridized carbons (Fsp3) is 0.300. The highest BCUT2D eigenvalue weighted by atomic mass is 127. The molecule has 0 aromatic heterocycles. The highest BCUT2D eigenvalue weighted by molar-refractivity contribution is 14.1. The Labute approximate surface area is 96.6 Å². The summed E-state index contributed by atoms with van der Waals surface area (Å²) in [5, 5.41) is -0.448. The minimum atomic E-state index is -0.448. The van der Waals surface area contributed by atoms with Gasteiger partial charge in [-0.25, -0.2) is 0 Å². The number of benzene rings is 1. The molecule has 70 valence electrons. The van der Waals surface area contributed by atoms with Gasteiger partial charge in [-0.1, -0.05) is 17.7 Å². The topological polar surface area (TPSA) is 17.1 Å². The second-order valence-corrected chi connectivity index (χ2v) is 4.78. The van der Waals surface area contributed by atoms with Crippen LogP contribution in [0.1, 0.15) is 22.8 Å². The number of rotatable bonds is 2. The summed E-state index contributed by atoms with van der Waals surface area (Å²) < 4.78 is 0.968. The summed E-state index contributed by atoms with van der Waals surface area (Å²) in [6.45, 7) is 3.69. The summed E-state index contributed by atoms with van der Waals surface area (Å²) >= 11 is 7.88. The first-order chi connectivity index (χ1) is 6.02. The zero-order valence-corrected chi connectivity index (χ0v) is 10.4. The van der Waals surface area contributed by atoms with E-state index in [1.54, 1.807) is 6.92 Å².